The van der Waals surface area contributed by atoms with E-state index in [-0.39, 0.29) is 22.6 Å². The molecule has 1 aliphatic heterocycles. The van der Waals surface area contributed by atoms with Gasteiger partial charge in [0.05, 0.1) is 4.90 Å². The molecule has 0 bridgehead atoms. The summed E-state index contributed by atoms with van der Waals surface area (Å²) in [7, 11) is -3.78. The van der Waals surface area contributed by atoms with Crippen LogP contribution in [0.4, 0.5) is 5.69 Å². The number of amides is 2. The van der Waals surface area contributed by atoms with Crippen molar-refractivity contribution in [2.45, 2.75) is 24.2 Å². The number of hydrogen-bond acceptors (Lipinski definition) is 4. The van der Waals surface area contributed by atoms with Crippen LogP contribution < -0.4 is 10.5 Å². The third-order valence-corrected chi connectivity index (χ3v) is 7.02. The van der Waals surface area contributed by atoms with Crippen molar-refractivity contribution in [3.63, 3.8) is 0 Å². The Morgan fingerprint density at radius 1 is 0.882 bits per heavy atom. The second-order valence-electron chi connectivity index (χ2n) is 8.44. The molecule has 3 aromatic carbocycles. The van der Waals surface area contributed by atoms with Crippen molar-refractivity contribution in [3.8, 4) is 0 Å². The molecule has 0 spiro atoms. The predicted molar refractivity (Wildman–Crippen MR) is 131 cm³/mol. The number of nitrogens with one attached hydrogen (secondary N) is 1. The normalized spacial score (nSPS) is 14.6. The predicted octanol–water partition coefficient (Wildman–Crippen LogP) is 3.42. The maximum atomic E-state index is 13.3. The molecule has 1 aliphatic rings. The summed E-state index contributed by atoms with van der Waals surface area (Å²) in [5, 5.41) is 7.93. The SMILES string of the molecule is NS(=O)(=O)c1ccc(NC(=O)C2CCN(C(=O)c3ccccc3Cc3ccccc3)CC2)cc1. The van der Waals surface area contributed by atoms with Gasteiger partial charge in [0.25, 0.3) is 5.91 Å². The van der Waals surface area contributed by atoms with Crippen LogP contribution in [0.1, 0.15) is 34.3 Å². The molecule has 1 heterocycles. The molecular formula is C26H27N3O4S. The van der Waals surface area contributed by atoms with Gasteiger partial charge < -0.3 is 10.2 Å². The fraction of sp³-hybridized carbons (Fsp3) is 0.231. The first-order valence-electron chi connectivity index (χ1n) is 11.2. The van der Waals surface area contributed by atoms with E-state index in [0.29, 0.717) is 43.6 Å². The lowest BCUT2D eigenvalue weighted by Crippen LogP contribution is -2.41. The van der Waals surface area contributed by atoms with E-state index in [4.69, 9.17) is 5.14 Å². The summed E-state index contributed by atoms with van der Waals surface area (Å²) in [5.74, 6) is -0.370. The summed E-state index contributed by atoms with van der Waals surface area (Å²) in [4.78, 5) is 27.8. The van der Waals surface area contributed by atoms with Gasteiger partial charge in [0.2, 0.25) is 15.9 Å². The van der Waals surface area contributed by atoms with Crippen LogP contribution in [-0.4, -0.2) is 38.2 Å². The molecule has 0 aromatic heterocycles. The highest BCUT2D eigenvalue weighted by Gasteiger charge is 2.28. The standard InChI is InChI=1S/C26H27N3O4S/c27-34(32,33)23-12-10-22(11-13-23)28-25(30)20-14-16-29(17-15-20)26(31)24-9-5-4-8-21(24)18-19-6-2-1-3-7-19/h1-13,20H,14-18H2,(H,28,30)(H2,27,32,33). The third-order valence-electron chi connectivity index (χ3n) is 6.09. The number of piperidine rings is 1. The molecule has 0 unspecified atom stereocenters. The largest absolute Gasteiger partial charge is 0.339 e. The van der Waals surface area contributed by atoms with Crippen LogP contribution in [-0.2, 0) is 21.2 Å². The van der Waals surface area contributed by atoms with Crippen molar-refractivity contribution in [1.82, 2.24) is 4.90 Å². The minimum atomic E-state index is -3.78. The van der Waals surface area contributed by atoms with E-state index >= 15 is 0 Å². The fourth-order valence-corrected chi connectivity index (χ4v) is 4.70. The zero-order valence-electron chi connectivity index (χ0n) is 18.7. The number of likely N-dealkylation sites (tertiary alicyclic amines) is 1. The average molecular weight is 478 g/mol. The summed E-state index contributed by atoms with van der Waals surface area (Å²) in [5.41, 5.74) is 3.34. The molecule has 0 radical (unpaired) electrons. The van der Waals surface area contributed by atoms with Crippen LogP contribution in [0, 0.1) is 5.92 Å². The zero-order chi connectivity index (χ0) is 24.1. The molecule has 1 saturated heterocycles. The van der Waals surface area contributed by atoms with Gasteiger partial charge in [-0.05, 0) is 60.7 Å². The van der Waals surface area contributed by atoms with Crippen LogP contribution >= 0.6 is 0 Å². The Hall–Kier alpha value is -3.49. The molecule has 3 aromatic rings. The third kappa shape index (κ3) is 5.70. The topological polar surface area (TPSA) is 110 Å². The number of carbonyl (C=O) groups is 2. The Labute approximate surface area is 199 Å². The number of carbonyl (C=O) groups excluding carboxylic acids is 2. The minimum absolute atomic E-state index is 0.00938. The van der Waals surface area contributed by atoms with Crippen molar-refractivity contribution < 1.29 is 18.0 Å². The monoisotopic (exact) mass is 477 g/mol. The van der Waals surface area contributed by atoms with E-state index in [2.05, 4.69) is 5.32 Å². The summed E-state index contributed by atoms with van der Waals surface area (Å²) >= 11 is 0. The van der Waals surface area contributed by atoms with Gasteiger partial charge in [-0.15, -0.1) is 0 Å². The maximum Gasteiger partial charge on any atom is 0.254 e. The van der Waals surface area contributed by atoms with Gasteiger partial charge in [0.1, 0.15) is 0 Å². The Bertz CT molecular complexity index is 1270. The Morgan fingerprint density at radius 3 is 2.15 bits per heavy atom. The highest BCUT2D eigenvalue weighted by Crippen LogP contribution is 2.23. The van der Waals surface area contributed by atoms with Gasteiger partial charge >= 0.3 is 0 Å². The van der Waals surface area contributed by atoms with Crippen LogP contribution in [0.25, 0.3) is 0 Å². The van der Waals surface area contributed by atoms with Crippen LogP contribution in [0.5, 0.6) is 0 Å². The summed E-state index contributed by atoms with van der Waals surface area (Å²) in [6.07, 6.45) is 1.81. The molecular weight excluding hydrogens is 450 g/mol. The highest BCUT2D eigenvalue weighted by atomic mass is 32.2. The number of primary sulfonamides is 1. The Balaban J connectivity index is 1.36. The van der Waals surface area contributed by atoms with Crippen LogP contribution in [0.2, 0.25) is 0 Å². The minimum Gasteiger partial charge on any atom is -0.339 e. The maximum absolute atomic E-state index is 13.3. The molecule has 176 valence electrons. The zero-order valence-corrected chi connectivity index (χ0v) is 19.5. The van der Waals surface area contributed by atoms with Crippen molar-refractivity contribution in [1.29, 1.82) is 0 Å². The molecule has 4 rings (SSSR count). The Morgan fingerprint density at radius 2 is 1.50 bits per heavy atom. The number of hydrogen-bond donors (Lipinski definition) is 2. The number of nitrogens with zero attached hydrogens (tertiary/aromatic N) is 1. The quantitative estimate of drug-likeness (QED) is 0.567. The summed E-state index contributed by atoms with van der Waals surface area (Å²) in [6, 6.07) is 23.5. The average Bonchev–Trinajstić information content (AvgIpc) is 2.84. The smallest absolute Gasteiger partial charge is 0.254 e. The molecule has 0 aliphatic carbocycles. The van der Waals surface area contributed by atoms with E-state index in [9.17, 15) is 18.0 Å². The molecule has 0 saturated carbocycles. The second kappa shape index (κ2) is 10.2. The first kappa shape index (κ1) is 23.7. The van der Waals surface area contributed by atoms with Crippen molar-refractivity contribution in [2.24, 2.45) is 11.1 Å². The van der Waals surface area contributed by atoms with Gasteiger partial charge in [-0.25, -0.2) is 13.6 Å². The van der Waals surface area contributed by atoms with E-state index in [1.54, 1.807) is 0 Å². The van der Waals surface area contributed by atoms with Crippen molar-refractivity contribution >= 4 is 27.5 Å². The fourth-order valence-electron chi connectivity index (χ4n) is 4.19. The van der Waals surface area contributed by atoms with Gasteiger partial charge in [-0.3, -0.25) is 9.59 Å². The number of anilines is 1. The lowest BCUT2D eigenvalue weighted by molar-refractivity contribution is -0.121. The van der Waals surface area contributed by atoms with Crippen LogP contribution in [0.15, 0.2) is 83.8 Å². The number of rotatable bonds is 6. The second-order valence-corrected chi connectivity index (χ2v) is 10.0. The van der Waals surface area contributed by atoms with Crippen molar-refractivity contribution in [2.75, 3.05) is 18.4 Å². The van der Waals surface area contributed by atoms with E-state index in [1.165, 1.54) is 24.3 Å². The van der Waals surface area contributed by atoms with Gasteiger partial charge in [-0.2, -0.15) is 0 Å². The van der Waals surface area contributed by atoms with E-state index in [0.717, 1.165) is 11.1 Å². The first-order chi connectivity index (χ1) is 16.3. The van der Waals surface area contributed by atoms with Gasteiger partial charge in [-0.1, -0.05) is 48.5 Å². The molecule has 7 nitrogen and oxygen atoms in total. The van der Waals surface area contributed by atoms with Gasteiger partial charge in [0.15, 0.2) is 0 Å². The lowest BCUT2D eigenvalue weighted by atomic mass is 9.94. The highest BCUT2D eigenvalue weighted by molar-refractivity contribution is 7.89. The molecule has 34 heavy (non-hydrogen) atoms. The van der Waals surface area contributed by atoms with Gasteiger partial charge in [0, 0.05) is 30.3 Å². The number of benzene rings is 3. The van der Waals surface area contributed by atoms with E-state index in [1.807, 2.05) is 59.5 Å². The molecule has 2 amide bonds. The van der Waals surface area contributed by atoms with Crippen LogP contribution in [0.3, 0.4) is 0 Å². The lowest BCUT2D eigenvalue weighted by Gasteiger charge is -2.32. The van der Waals surface area contributed by atoms with E-state index < -0.39 is 10.0 Å². The van der Waals surface area contributed by atoms with Crippen molar-refractivity contribution in [3.05, 3.63) is 95.6 Å². The molecule has 8 heteroatoms. The molecule has 1 fully saturated rings. The summed E-state index contributed by atoms with van der Waals surface area (Å²) in [6.45, 7) is 1.00. The summed E-state index contributed by atoms with van der Waals surface area (Å²) < 4.78 is 22.7. The molecule has 0 atom stereocenters. The molecule has 3 N–H and O–H groups in total. The Kier molecular flexibility index (Phi) is 7.09. The number of nitrogens with two attached hydrogens (primary N) is 1. The first-order valence-corrected chi connectivity index (χ1v) is 12.7. The number of sulfonamides is 1.